The highest BCUT2D eigenvalue weighted by Gasteiger charge is 2.67. The van der Waals surface area contributed by atoms with E-state index in [9.17, 15) is 24.3 Å². The molecule has 1 heterocycles. The molecular formula is C27H37NO8. The number of esters is 2. The van der Waals surface area contributed by atoms with Crippen molar-refractivity contribution in [2.75, 3.05) is 26.8 Å². The van der Waals surface area contributed by atoms with Gasteiger partial charge in [-0.1, -0.05) is 13.8 Å². The molecule has 4 rings (SSSR count). The van der Waals surface area contributed by atoms with E-state index in [4.69, 9.17) is 14.2 Å². The standard InChI is InChI=1S/C27H37NO8/c1-7-28(8-2)12-15-21-24(32)23(31)20-16-9-10-18(30)26(16,4)11-17(35-14(3)29)22(20)27(21,5)19(13-34-6)36-25(15)33/h12,16-19,21,30H,7-11,13H2,1-6H3/b15-12-/t16?,17-,18+,19-,21?,26+,27+/m1/s1. The van der Waals surface area contributed by atoms with E-state index in [1.165, 1.54) is 14.0 Å². The summed E-state index contributed by atoms with van der Waals surface area (Å²) in [6, 6.07) is 0. The van der Waals surface area contributed by atoms with Crippen LogP contribution in [0.5, 0.6) is 0 Å². The zero-order chi connectivity index (χ0) is 26.6. The molecule has 2 unspecified atom stereocenters. The fourth-order valence-corrected chi connectivity index (χ4v) is 7.09. The topological polar surface area (TPSA) is 119 Å². The molecule has 1 N–H and O–H groups in total. The van der Waals surface area contributed by atoms with E-state index in [-0.39, 0.29) is 18.1 Å². The van der Waals surface area contributed by atoms with E-state index in [0.29, 0.717) is 43.5 Å². The van der Waals surface area contributed by atoms with Gasteiger partial charge in [0.05, 0.1) is 24.2 Å². The van der Waals surface area contributed by atoms with Crippen LogP contribution >= 0.6 is 0 Å². The number of nitrogens with zero attached hydrogens (tertiary/aromatic N) is 1. The SMILES string of the molecule is CCN(/C=C1\C(=O)O[C@H](COC)[C@]2(C)C3=C(C(=O)C(=O)C12)C1CC[C@H](O)[C@@]1(C)C[C@H]3OC(C)=O)CC. The van der Waals surface area contributed by atoms with Crippen molar-refractivity contribution in [2.24, 2.45) is 22.7 Å². The zero-order valence-electron chi connectivity index (χ0n) is 22.0. The largest absolute Gasteiger partial charge is 0.458 e. The van der Waals surface area contributed by atoms with Gasteiger partial charge in [0.15, 0.2) is 0 Å². The highest BCUT2D eigenvalue weighted by atomic mass is 16.6. The minimum absolute atomic E-state index is 0.00684. The van der Waals surface area contributed by atoms with E-state index in [2.05, 4.69) is 0 Å². The first kappa shape index (κ1) is 26.5. The number of ketones is 2. The normalized spacial score (nSPS) is 38.9. The number of methoxy groups -OCH3 is 1. The third-order valence-electron chi connectivity index (χ3n) is 9.01. The van der Waals surface area contributed by atoms with Crippen molar-refractivity contribution in [2.45, 2.75) is 72.2 Å². The number of carbonyl (C=O) groups is 4. The van der Waals surface area contributed by atoms with Crippen molar-refractivity contribution in [3.8, 4) is 0 Å². The molecule has 9 heteroatoms. The van der Waals surface area contributed by atoms with E-state index < -0.39 is 58.6 Å². The van der Waals surface area contributed by atoms with Crippen molar-refractivity contribution >= 4 is 23.5 Å². The highest BCUT2D eigenvalue weighted by Crippen LogP contribution is 2.63. The monoisotopic (exact) mass is 503 g/mol. The van der Waals surface area contributed by atoms with Crippen LogP contribution in [0.4, 0.5) is 0 Å². The van der Waals surface area contributed by atoms with E-state index in [1.54, 1.807) is 6.20 Å². The molecule has 0 aromatic heterocycles. The molecule has 36 heavy (non-hydrogen) atoms. The molecule has 4 aliphatic rings. The lowest BCUT2D eigenvalue weighted by molar-refractivity contribution is -0.175. The number of fused-ring (bicyclic) bond motifs is 4. The lowest BCUT2D eigenvalue weighted by Gasteiger charge is -2.56. The zero-order valence-corrected chi connectivity index (χ0v) is 22.0. The predicted molar refractivity (Wildman–Crippen MR) is 128 cm³/mol. The first-order chi connectivity index (χ1) is 16.9. The second-order valence-electron chi connectivity index (χ2n) is 10.8. The highest BCUT2D eigenvalue weighted by molar-refractivity contribution is 6.47. The van der Waals surface area contributed by atoms with E-state index in [0.717, 1.165) is 0 Å². The Morgan fingerprint density at radius 1 is 1.19 bits per heavy atom. The van der Waals surface area contributed by atoms with Crippen LogP contribution in [0, 0.1) is 22.7 Å². The van der Waals surface area contributed by atoms with Crippen LogP contribution in [0.1, 0.15) is 53.9 Å². The van der Waals surface area contributed by atoms with Gasteiger partial charge in [-0.05, 0) is 44.6 Å². The van der Waals surface area contributed by atoms with Crippen LogP contribution in [-0.2, 0) is 33.4 Å². The second-order valence-corrected chi connectivity index (χ2v) is 10.8. The third-order valence-corrected chi connectivity index (χ3v) is 9.01. The average molecular weight is 504 g/mol. The predicted octanol–water partition coefficient (Wildman–Crippen LogP) is 1.97. The summed E-state index contributed by atoms with van der Waals surface area (Å²) in [5.41, 5.74) is -0.918. The Labute approximate surface area is 211 Å². The Bertz CT molecular complexity index is 1040. The molecule has 9 nitrogen and oxygen atoms in total. The molecule has 3 aliphatic carbocycles. The van der Waals surface area contributed by atoms with Crippen molar-refractivity contribution in [1.29, 1.82) is 0 Å². The number of allylic oxidation sites excluding steroid dienone is 1. The van der Waals surface area contributed by atoms with Crippen LogP contribution in [0.3, 0.4) is 0 Å². The van der Waals surface area contributed by atoms with Crippen molar-refractivity contribution in [3.63, 3.8) is 0 Å². The van der Waals surface area contributed by atoms with Gasteiger partial charge in [-0.25, -0.2) is 4.79 Å². The third kappa shape index (κ3) is 3.74. The Morgan fingerprint density at radius 3 is 2.44 bits per heavy atom. The summed E-state index contributed by atoms with van der Waals surface area (Å²) in [6.45, 7) is 10.1. The molecule has 0 bridgehead atoms. The molecular weight excluding hydrogens is 466 g/mol. The number of cyclic esters (lactones) is 1. The molecule has 0 radical (unpaired) electrons. The number of aliphatic hydroxyl groups excluding tert-OH is 1. The lowest BCUT2D eigenvalue weighted by Crippen LogP contribution is -2.63. The average Bonchev–Trinajstić information content (AvgIpc) is 3.11. The fraction of sp³-hybridized carbons (Fsp3) is 0.704. The van der Waals surface area contributed by atoms with Gasteiger partial charge in [0.25, 0.3) is 0 Å². The summed E-state index contributed by atoms with van der Waals surface area (Å²) in [4.78, 5) is 55.1. The van der Waals surface area contributed by atoms with Crippen molar-refractivity contribution < 1.29 is 38.5 Å². The molecule has 198 valence electrons. The first-order valence-electron chi connectivity index (χ1n) is 12.8. The number of aliphatic hydroxyl groups is 1. The molecule has 0 amide bonds. The van der Waals surface area contributed by atoms with Crippen molar-refractivity contribution in [1.82, 2.24) is 4.90 Å². The van der Waals surface area contributed by atoms with Crippen LogP contribution in [0.15, 0.2) is 22.9 Å². The molecule has 1 saturated heterocycles. The molecule has 1 aliphatic heterocycles. The van der Waals surface area contributed by atoms with Crippen LogP contribution in [-0.4, -0.2) is 78.6 Å². The van der Waals surface area contributed by atoms with Gasteiger partial charge in [0.2, 0.25) is 11.6 Å². The maximum Gasteiger partial charge on any atom is 0.336 e. The maximum absolute atomic E-state index is 13.9. The van der Waals surface area contributed by atoms with Gasteiger partial charge in [-0.15, -0.1) is 0 Å². The Balaban J connectivity index is 2.01. The van der Waals surface area contributed by atoms with E-state index in [1.807, 2.05) is 32.6 Å². The fourth-order valence-electron chi connectivity index (χ4n) is 7.09. The Morgan fingerprint density at radius 2 is 1.86 bits per heavy atom. The lowest BCUT2D eigenvalue weighted by atomic mass is 9.50. The summed E-state index contributed by atoms with van der Waals surface area (Å²) in [6.07, 6.45) is 0.546. The smallest absolute Gasteiger partial charge is 0.336 e. The number of hydrogen-bond donors (Lipinski definition) is 1. The van der Waals surface area contributed by atoms with Crippen molar-refractivity contribution in [3.05, 3.63) is 22.9 Å². The molecule has 0 spiro atoms. The van der Waals surface area contributed by atoms with Gasteiger partial charge >= 0.3 is 11.9 Å². The number of Topliss-reactive ketones (excluding diaryl/α,β-unsaturated/α-hetero) is 2. The summed E-state index contributed by atoms with van der Waals surface area (Å²) < 4.78 is 17.1. The Hall–Kier alpha value is -2.52. The van der Waals surface area contributed by atoms with Gasteiger partial charge in [0, 0.05) is 49.7 Å². The quantitative estimate of drug-likeness (QED) is 0.330. The van der Waals surface area contributed by atoms with Gasteiger partial charge in [-0.2, -0.15) is 0 Å². The minimum atomic E-state index is -1.17. The van der Waals surface area contributed by atoms with Gasteiger partial charge < -0.3 is 24.2 Å². The molecule has 0 aromatic carbocycles. The molecule has 2 fully saturated rings. The summed E-state index contributed by atoms with van der Waals surface area (Å²) in [5.74, 6) is -3.97. The Kier molecular flexibility index (Phi) is 6.94. The summed E-state index contributed by atoms with van der Waals surface area (Å²) >= 11 is 0. The number of carbonyl (C=O) groups excluding carboxylic acids is 4. The number of rotatable bonds is 6. The summed E-state index contributed by atoms with van der Waals surface area (Å²) in [7, 11) is 1.48. The van der Waals surface area contributed by atoms with Crippen LogP contribution in [0.2, 0.25) is 0 Å². The number of hydrogen-bond acceptors (Lipinski definition) is 9. The second kappa shape index (κ2) is 9.41. The van der Waals surface area contributed by atoms with Crippen LogP contribution in [0.25, 0.3) is 0 Å². The molecule has 0 aromatic rings. The van der Waals surface area contributed by atoms with E-state index >= 15 is 0 Å². The number of ether oxygens (including phenoxy) is 3. The summed E-state index contributed by atoms with van der Waals surface area (Å²) in [5, 5.41) is 10.9. The first-order valence-corrected chi connectivity index (χ1v) is 12.8. The van der Waals surface area contributed by atoms with Gasteiger partial charge in [-0.3, -0.25) is 14.4 Å². The molecule has 7 atom stereocenters. The minimum Gasteiger partial charge on any atom is -0.458 e. The van der Waals surface area contributed by atoms with Crippen LogP contribution < -0.4 is 0 Å². The molecule has 1 saturated carbocycles. The maximum atomic E-state index is 13.9. The van der Waals surface area contributed by atoms with Gasteiger partial charge in [0.1, 0.15) is 12.2 Å².